The molecule has 0 atom stereocenters. The molecule has 2 N–H and O–H groups in total. The summed E-state index contributed by atoms with van der Waals surface area (Å²) in [5.41, 5.74) is 3.68. The van der Waals surface area contributed by atoms with Gasteiger partial charge in [0.1, 0.15) is 18.0 Å². The number of anilines is 2. The van der Waals surface area contributed by atoms with Gasteiger partial charge in [0.05, 0.1) is 23.9 Å². The lowest BCUT2D eigenvalue weighted by molar-refractivity contribution is -0.119. The highest BCUT2D eigenvalue weighted by molar-refractivity contribution is 7.92. The molecule has 0 aliphatic rings. The molecule has 0 radical (unpaired) electrons. The summed E-state index contributed by atoms with van der Waals surface area (Å²) in [4.78, 5) is 24.9. The van der Waals surface area contributed by atoms with Crippen molar-refractivity contribution in [2.45, 2.75) is 4.90 Å². The molecule has 222 valence electrons. The van der Waals surface area contributed by atoms with Crippen LogP contribution in [0.5, 0.6) is 11.5 Å². The van der Waals surface area contributed by atoms with Gasteiger partial charge in [0, 0.05) is 15.7 Å². The molecule has 2 amide bonds. The number of ether oxygens (including phenoxy) is 2. The molecule has 0 saturated heterocycles. The van der Waals surface area contributed by atoms with E-state index < -0.39 is 22.5 Å². The Hall–Kier alpha value is -4.58. The van der Waals surface area contributed by atoms with Crippen LogP contribution in [0.1, 0.15) is 5.56 Å². The summed E-state index contributed by atoms with van der Waals surface area (Å²) in [5.74, 6) is 0.0999. The van der Waals surface area contributed by atoms with Gasteiger partial charge in [0.2, 0.25) is 0 Å². The van der Waals surface area contributed by atoms with E-state index in [-0.39, 0.29) is 33.1 Å². The number of sulfonamides is 1. The van der Waals surface area contributed by atoms with Crippen LogP contribution in [-0.4, -0.2) is 46.7 Å². The Balaban J connectivity index is 1.34. The number of halogens is 2. The zero-order valence-corrected chi connectivity index (χ0v) is 25.1. The Labute approximate surface area is 258 Å². The van der Waals surface area contributed by atoms with Gasteiger partial charge in [-0.2, -0.15) is 5.10 Å². The van der Waals surface area contributed by atoms with Gasteiger partial charge in [-0.25, -0.2) is 13.8 Å². The number of carbonyl (C=O) groups is 2. The van der Waals surface area contributed by atoms with E-state index in [2.05, 4.69) is 15.8 Å². The molecule has 0 bridgehead atoms. The predicted octanol–water partition coefficient (Wildman–Crippen LogP) is 5.37. The number of carbonyl (C=O) groups excluding carboxylic acids is 2. The number of nitrogens with zero attached hydrogens (tertiary/aromatic N) is 2. The minimum absolute atomic E-state index is 0.0112. The third kappa shape index (κ3) is 8.95. The predicted molar refractivity (Wildman–Crippen MR) is 167 cm³/mol. The molecular formula is C30H26Cl2N4O6S. The summed E-state index contributed by atoms with van der Waals surface area (Å²) in [6, 6.07) is 25.5. The number of rotatable bonds is 12. The summed E-state index contributed by atoms with van der Waals surface area (Å²) >= 11 is 12.2. The summed E-state index contributed by atoms with van der Waals surface area (Å²) in [6.45, 7) is -0.785. The van der Waals surface area contributed by atoms with Gasteiger partial charge < -0.3 is 14.8 Å². The molecule has 0 unspecified atom stereocenters. The Morgan fingerprint density at radius 3 is 2.12 bits per heavy atom. The van der Waals surface area contributed by atoms with Crippen LogP contribution in [0.15, 0.2) is 107 Å². The second-order valence-electron chi connectivity index (χ2n) is 8.88. The van der Waals surface area contributed by atoms with Crippen molar-refractivity contribution < 1.29 is 27.5 Å². The molecule has 4 rings (SSSR count). The summed E-state index contributed by atoms with van der Waals surface area (Å²) in [7, 11) is -2.58. The molecule has 4 aromatic rings. The maximum absolute atomic E-state index is 13.4. The second kappa shape index (κ2) is 14.5. The summed E-state index contributed by atoms with van der Waals surface area (Å²) in [6.07, 6.45) is 1.38. The van der Waals surface area contributed by atoms with E-state index in [1.54, 1.807) is 73.8 Å². The Morgan fingerprint density at radius 2 is 1.49 bits per heavy atom. The maximum Gasteiger partial charge on any atom is 0.264 e. The first kappa shape index (κ1) is 31.4. The van der Waals surface area contributed by atoms with Crippen molar-refractivity contribution in [2.24, 2.45) is 5.10 Å². The number of hydrazone groups is 1. The zero-order valence-electron chi connectivity index (χ0n) is 22.7. The van der Waals surface area contributed by atoms with Crippen LogP contribution in [0, 0.1) is 0 Å². The molecule has 0 aromatic heterocycles. The molecule has 4 aromatic carbocycles. The minimum Gasteiger partial charge on any atom is -0.497 e. The van der Waals surface area contributed by atoms with E-state index >= 15 is 0 Å². The third-order valence-electron chi connectivity index (χ3n) is 5.78. The Bertz CT molecular complexity index is 1680. The van der Waals surface area contributed by atoms with Crippen LogP contribution in [0.2, 0.25) is 10.0 Å². The standard InChI is InChI=1S/C30H26Cl2N4O6S/c1-41-26-13-9-24(10-14-26)34-30(38)20-42-27-11-7-21(8-12-27)18-33-35-29(37)19-36(25-16-22(31)15-23(32)17-25)43(39,40)28-5-3-2-4-6-28/h2-18H,19-20H2,1H3,(H,34,38)(H,35,37)/b33-18-. The van der Waals surface area contributed by atoms with Gasteiger partial charge in [-0.05, 0) is 84.4 Å². The smallest absolute Gasteiger partial charge is 0.264 e. The van der Waals surface area contributed by atoms with E-state index in [1.165, 1.54) is 36.5 Å². The van der Waals surface area contributed by atoms with Gasteiger partial charge in [-0.3, -0.25) is 13.9 Å². The van der Waals surface area contributed by atoms with Crippen LogP contribution in [0.25, 0.3) is 0 Å². The quantitative estimate of drug-likeness (QED) is 0.158. The molecule has 0 fully saturated rings. The van der Waals surface area contributed by atoms with Crippen molar-refractivity contribution in [3.05, 3.63) is 113 Å². The molecule has 0 aliphatic heterocycles. The zero-order chi connectivity index (χ0) is 30.8. The highest BCUT2D eigenvalue weighted by atomic mass is 35.5. The number of benzene rings is 4. The highest BCUT2D eigenvalue weighted by Crippen LogP contribution is 2.29. The fourth-order valence-electron chi connectivity index (χ4n) is 3.73. The lowest BCUT2D eigenvalue weighted by Gasteiger charge is -2.24. The lowest BCUT2D eigenvalue weighted by atomic mass is 10.2. The monoisotopic (exact) mass is 640 g/mol. The maximum atomic E-state index is 13.4. The topological polar surface area (TPSA) is 126 Å². The number of hydrogen-bond donors (Lipinski definition) is 2. The fourth-order valence-corrected chi connectivity index (χ4v) is 5.67. The first-order valence-electron chi connectivity index (χ1n) is 12.7. The van der Waals surface area contributed by atoms with Gasteiger partial charge >= 0.3 is 0 Å². The van der Waals surface area contributed by atoms with Crippen molar-refractivity contribution in [3.8, 4) is 11.5 Å². The van der Waals surface area contributed by atoms with Gasteiger partial charge in [-0.1, -0.05) is 41.4 Å². The summed E-state index contributed by atoms with van der Waals surface area (Å²) in [5, 5.41) is 7.07. The first-order chi connectivity index (χ1) is 20.6. The molecule has 0 heterocycles. The number of amides is 2. The summed E-state index contributed by atoms with van der Waals surface area (Å²) < 4.78 is 38.3. The number of methoxy groups -OCH3 is 1. The molecule has 13 heteroatoms. The minimum atomic E-state index is -4.14. The van der Waals surface area contributed by atoms with E-state index in [1.807, 2.05) is 0 Å². The van der Waals surface area contributed by atoms with Crippen molar-refractivity contribution >= 4 is 62.6 Å². The first-order valence-corrected chi connectivity index (χ1v) is 14.9. The average Bonchev–Trinajstić information content (AvgIpc) is 2.99. The average molecular weight is 642 g/mol. The van der Waals surface area contributed by atoms with Crippen LogP contribution in [0.4, 0.5) is 11.4 Å². The van der Waals surface area contributed by atoms with Crippen molar-refractivity contribution in [1.82, 2.24) is 5.43 Å². The Morgan fingerprint density at radius 1 is 0.860 bits per heavy atom. The van der Waals surface area contributed by atoms with Crippen molar-refractivity contribution in [2.75, 3.05) is 29.9 Å². The molecule has 0 aliphatic carbocycles. The van der Waals surface area contributed by atoms with E-state index in [0.717, 1.165) is 4.31 Å². The van der Waals surface area contributed by atoms with E-state index in [9.17, 15) is 18.0 Å². The lowest BCUT2D eigenvalue weighted by Crippen LogP contribution is -2.39. The normalized spacial score (nSPS) is 11.1. The third-order valence-corrected chi connectivity index (χ3v) is 8.00. The molecule has 10 nitrogen and oxygen atoms in total. The van der Waals surface area contributed by atoms with Crippen LogP contribution < -0.4 is 24.5 Å². The van der Waals surface area contributed by atoms with Crippen LogP contribution in [0.3, 0.4) is 0 Å². The van der Waals surface area contributed by atoms with Crippen LogP contribution >= 0.6 is 23.2 Å². The SMILES string of the molecule is COc1ccc(NC(=O)COc2ccc(/C=N\NC(=O)CN(c3cc(Cl)cc(Cl)c3)S(=O)(=O)c3ccccc3)cc2)cc1. The molecule has 43 heavy (non-hydrogen) atoms. The van der Waals surface area contributed by atoms with Gasteiger partial charge in [0.25, 0.3) is 21.8 Å². The van der Waals surface area contributed by atoms with Crippen molar-refractivity contribution in [1.29, 1.82) is 0 Å². The van der Waals surface area contributed by atoms with Gasteiger partial charge in [0.15, 0.2) is 6.61 Å². The Kier molecular flexibility index (Phi) is 10.6. The molecule has 0 saturated carbocycles. The molecular weight excluding hydrogens is 615 g/mol. The van der Waals surface area contributed by atoms with Crippen molar-refractivity contribution in [3.63, 3.8) is 0 Å². The second-order valence-corrected chi connectivity index (χ2v) is 11.6. The largest absolute Gasteiger partial charge is 0.497 e. The number of nitrogens with one attached hydrogen (secondary N) is 2. The fraction of sp³-hybridized carbons (Fsp3) is 0.100. The van der Waals surface area contributed by atoms with E-state index in [4.69, 9.17) is 32.7 Å². The van der Waals surface area contributed by atoms with Crippen LogP contribution in [-0.2, 0) is 19.6 Å². The highest BCUT2D eigenvalue weighted by Gasteiger charge is 2.27. The number of hydrogen-bond acceptors (Lipinski definition) is 7. The molecule has 0 spiro atoms. The van der Waals surface area contributed by atoms with E-state index in [0.29, 0.717) is 22.7 Å². The van der Waals surface area contributed by atoms with Gasteiger partial charge in [-0.15, -0.1) is 0 Å².